The van der Waals surface area contributed by atoms with Crippen LogP contribution in [0.2, 0.25) is 0 Å². The van der Waals surface area contributed by atoms with Crippen molar-refractivity contribution in [3.05, 3.63) is 64.8 Å². The van der Waals surface area contributed by atoms with E-state index < -0.39 is 21.6 Å². The van der Waals surface area contributed by atoms with Gasteiger partial charge >= 0.3 is 0 Å². The maximum absolute atomic E-state index is 13.1. The van der Waals surface area contributed by atoms with E-state index in [0.29, 0.717) is 24.4 Å². The van der Waals surface area contributed by atoms with Gasteiger partial charge in [0.25, 0.3) is 5.91 Å². The zero-order valence-electron chi connectivity index (χ0n) is 14.9. The van der Waals surface area contributed by atoms with Gasteiger partial charge in [-0.3, -0.25) is 4.79 Å². The fourth-order valence-corrected chi connectivity index (χ4v) is 5.11. The molecular formula is C20H19FN2O4S. The largest absolute Gasteiger partial charge is 0.381 e. The summed E-state index contributed by atoms with van der Waals surface area (Å²) in [5.74, 6) is -1.21. The summed E-state index contributed by atoms with van der Waals surface area (Å²) in [6, 6.07) is 11.6. The Balaban J connectivity index is 1.69. The van der Waals surface area contributed by atoms with Crippen molar-refractivity contribution in [2.45, 2.75) is 23.8 Å². The van der Waals surface area contributed by atoms with Crippen molar-refractivity contribution in [1.82, 2.24) is 5.32 Å². The van der Waals surface area contributed by atoms with Crippen molar-refractivity contribution < 1.29 is 22.3 Å². The van der Waals surface area contributed by atoms with Crippen molar-refractivity contribution in [3.63, 3.8) is 0 Å². The van der Waals surface area contributed by atoms with Crippen LogP contribution in [0.1, 0.15) is 18.4 Å². The second kappa shape index (κ2) is 7.37. The number of benzene rings is 2. The molecular weight excluding hydrogens is 383 g/mol. The van der Waals surface area contributed by atoms with E-state index in [4.69, 9.17) is 4.74 Å². The molecule has 2 aromatic carbocycles. The molecule has 6 nitrogen and oxygen atoms in total. The predicted molar refractivity (Wildman–Crippen MR) is 103 cm³/mol. The number of hydrogen-bond donors (Lipinski definition) is 2. The number of amides is 1. The Labute approximate surface area is 162 Å². The number of anilines is 1. The van der Waals surface area contributed by atoms with Gasteiger partial charge in [-0.2, -0.15) is 0 Å². The van der Waals surface area contributed by atoms with Crippen molar-refractivity contribution in [1.29, 1.82) is 0 Å². The lowest BCUT2D eigenvalue weighted by Crippen LogP contribution is -2.27. The molecule has 0 spiro atoms. The Bertz CT molecular complexity index is 1040. The van der Waals surface area contributed by atoms with Crippen molar-refractivity contribution in [3.8, 4) is 0 Å². The van der Waals surface area contributed by atoms with E-state index in [1.54, 1.807) is 18.2 Å². The van der Waals surface area contributed by atoms with Gasteiger partial charge in [-0.1, -0.05) is 18.2 Å². The molecule has 1 saturated heterocycles. The number of carbonyl (C=O) groups is 1. The van der Waals surface area contributed by atoms with Gasteiger partial charge in [0.05, 0.1) is 16.7 Å². The van der Waals surface area contributed by atoms with Gasteiger partial charge in [-0.05, 0) is 43.2 Å². The number of hydrogen-bond acceptors (Lipinski definition) is 5. The van der Waals surface area contributed by atoms with Crippen LogP contribution in [0.5, 0.6) is 0 Å². The second-order valence-electron chi connectivity index (χ2n) is 6.68. The smallest absolute Gasteiger partial charge is 0.269 e. The molecule has 1 amide bonds. The average molecular weight is 402 g/mol. The van der Waals surface area contributed by atoms with Crippen molar-refractivity contribution >= 4 is 27.1 Å². The van der Waals surface area contributed by atoms with E-state index in [9.17, 15) is 17.6 Å². The topological polar surface area (TPSA) is 84.5 Å². The predicted octanol–water partition coefficient (Wildman–Crippen LogP) is 2.69. The van der Waals surface area contributed by atoms with Crippen LogP contribution in [0.4, 0.5) is 10.1 Å². The molecule has 2 heterocycles. The minimum atomic E-state index is -3.98. The quantitative estimate of drug-likeness (QED) is 0.803. The van der Waals surface area contributed by atoms with Crippen LogP contribution in [-0.4, -0.2) is 33.6 Å². The fraction of sp³-hybridized carbons (Fsp3) is 0.250. The number of fused-ring (bicyclic) bond motifs is 1. The number of carbonyl (C=O) groups excluding carboxylic acids is 1. The lowest BCUT2D eigenvalue weighted by Gasteiger charge is -2.14. The SMILES string of the molecule is O=C(Nc1ccc(F)cc1)C1=C(NCC2CCCO2)c2ccccc2S1(=O)=O. The number of rotatable bonds is 5. The highest BCUT2D eigenvalue weighted by atomic mass is 32.2. The van der Waals surface area contributed by atoms with Crippen LogP contribution in [0, 0.1) is 5.82 Å². The fourth-order valence-electron chi connectivity index (χ4n) is 3.43. The lowest BCUT2D eigenvalue weighted by atomic mass is 10.1. The summed E-state index contributed by atoms with van der Waals surface area (Å²) >= 11 is 0. The van der Waals surface area contributed by atoms with Gasteiger partial charge in [0.1, 0.15) is 5.82 Å². The van der Waals surface area contributed by atoms with Crippen molar-refractivity contribution in [2.24, 2.45) is 0 Å². The Morgan fingerprint density at radius 3 is 2.61 bits per heavy atom. The molecule has 28 heavy (non-hydrogen) atoms. The molecule has 2 N–H and O–H groups in total. The van der Waals surface area contributed by atoms with Crippen LogP contribution >= 0.6 is 0 Å². The van der Waals surface area contributed by atoms with E-state index in [0.717, 1.165) is 12.8 Å². The molecule has 146 valence electrons. The highest BCUT2D eigenvalue weighted by molar-refractivity contribution is 7.97. The third-order valence-electron chi connectivity index (χ3n) is 4.78. The van der Waals surface area contributed by atoms with Crippen LogP contribution in [0.15, 0.2) is 58.3 Å². The Morgan fingerprint density at radius 2 is 1.89 bits per heavy atom. The number of sulfone groups is 1. The molecule has 4 rings (SSSR count). The van der Waals surface area contributed by atoms with Gasteiger partial charge in [-0.15, -0.1) is 0 Å². The molecule has 0 saturated carbocycles. The summed E-state index contributed by atoms with van der Waals surface area (Å²) in [5.41, 5.74) is 1.04. The average Bonchev–Trinajstić information content (AvgIpc) is 3.27. The molecule has 1 fully saturated rings. The molecule has 2 aromatic rings. The highest BCUT2D eigenvalue weighted by Gasteiger charge is 2.40. The first-order chi connectivity index (χ1) is 13.5. The second-order valence-corrected chi connectivity index (χ2v) is 8.54. The normalized spacial score (nSPS) is 20.1. The summed E-state index contributed by atoms with van der Waals surface area (Å²) < 4.78 is 44.7. The third-order valence-corrected chi connectivity index (χ3v) is 6.64. The molecule has 2 aliphatic heterocycles. The third kappa shape index (κ3) is 3.41. The number of halogens is 1. The van der Waals surface area contributed by atoms with Gasteiger partial charge < -0.3 is 15.4 Å². The minimum absolute atomic E-state index is 0.0237. The van der Waals surface area contributed by atoms with Gasteiger partial charge in [0.2, 0.25) is 9.84 Å². The Morgan fingerprint density at radius 1 is 1.14 bits per heavy atom. The van der Waals surface area contributed by atoms with Crippen molar-refractivity contribution in [2.75, 3.05) is 18.5 Å². The van der Waals surface area contributed by atoms with E-state index >= 15 is 0 Å². The molecule has 0 aromatic heterocycles. The summed E-state index contributed by atoms with van der Waals surface area (Å²) in [6.07, 6.45) is 1.81. The zero-order valence-corrected chi connectivity index (χ0v) is 15.8. The molecule has 0 radical (unpaired) electrons. The number of nitrogens with one attached hydrogen (secondary N) is 2. The van der Waals surface area contributed by atoms with Gasteiger partial charge in [0, 0.05) is 24.4 Å². The summed E-state index contributed by atoms with van der Waals surface area (Å²) in [7, 11) is -3.98. The first-order valence-electron chi connectivity index (χ1n) is 8.98. The number of ether oxygens (including phenoxy) is 1. The highest BCUT2D eigenvalue weighted by Crippen LogP contribution is 2.38. The molecule has 0 aliphatic carbocycles. The molecule has 1 unspecified atom stereocenters. The first kappa shape index (κ1) is 18.6. The van der Waals surface area contributed by atoms with E-state index in [2.05, 4.69) is 10.6 Å². The molecule has 0 bridgehead atoms. The monoisotopic (exact) mass is 402 g/mol. The van der Waals surface area contributed by atoms with Crippen LogP contribution in [0.25, 0.3) is 5.70 Å². The maximum Gasteiger partial charge on any atom is 0.269 e. The summed E-state index contributed by atoms with van der Waals surface area (Å²) in [6.45, 7) is 1.09. The van der Waals surface area contributed by atoms with Crippen LogP contribution < -0.4 is 10.6 Å². The van der Waals surface area contributed by atoms with Crippen LogP contribution in [-0.2, 0) is 19.4 Å². The van der Waals surface area contributed by atoms with E-state index in [1.165, 1.54) is 30.3 Å². The zero-order chi connectivity index (χ0) is 19.7. The first-order valence-corrected chi connectivity index (χ1v) is 10.5. The lowest BCUT2D eigenvalue weighted by molar-refractivity contribution is -0.112. The molecule has 1 atom stereocenters. The van der Waals surface area contributed by atoms with Gasteiger partial charge in [-0.25, -0.2) is 12.8 Å². The molecule has 2 aliphatic rings. The maximum atomic E-state index is 13.1. The Hall–Kier alpha value is -2.71. The van der Waals surface area contributed by atoms with Crippen LogP contribution in [0.3, 0.4) is 0 Å². The van der Waals surface area contributed by atoms with Gasteiger partial charge in [0.15, 0.2) is 4.91 Å². The summed E-state index contributed by atoms with van der Waals surface area (Å²) in [4.78, 5) is 12.6. The molecule has 8 heteroatoms. The standard InChI is InChI=1S/C20H19FN2O4S/c21-13-7-9-14(10-8-13)23-20(24)19-18(22-12-15-4-3-11-27-15)16-5-1-2-6-17(16)28(19,25)26/h1-2,5-10,15,22H,3-4,11-12H2,(H,23,24). The van der Waals surface area contributed by atoms with E-state index in [-0.39, 0.29) is 21.6 Å². The van der Waals surface area contributed by atoms with E-state index in [1.807, 2.05) is 0 Å². The summed E-state index contributed by atoms with van der Waals surface area (Å²) in [5, 5.41) is 5.66. The Kier molecular flexibility index (Phi) is 4.91. The minimum Gasteiger partial charge on any atom is -0.381 e.